The first-order valence-corrected chi connectivity index (χ1v) is 8.40. The Balaban J connectivity index is 0.00000289. The highest BCUT2D eigenvalue weighted by Gasteiger charge is 2.18. The number of thioether (sulfide) groups is 1. The summed E-state index contributed by atoms with van der Waals surface area (Å²) in [5, 5.41) is 0. The van der Waals surface area contributed by atoms with Crippen LogP contribution in [-0.4, -0.2) is 56.7 Å². The first-order valence-electron chi connectivity index (χ1n) is 5.92. The molecule has 1 saturated heterocycles. The van der Waals surface area contributed by atoms with Crippen LogP contribution >= 0.6 is 35.7 Å². The largest absolute Gasteiger partial charge is 0.370 e. The zero-order valence-electron chi connectivity index (χ0n) is 11.3. The Morgan fingerprint density at radius 3 is 2.44 bits per heavy atom. The van der Waals surface area contributed by atoms with E-state index in [1.54, 1.807) is 0 Å². The van der Waals surface area contributed by atoms with Crippen molar-refractivity contribution < 1.29 is 4.21 Å². The van der Waals surface area contributed by atoms with E-state index in [2.05, 4.69) is 9.89 Å². The fourth-order valence-electron chi connectivity index (χ4n) is 1.44. The Hall–Kier alpha value is 0.500. The van der Waals surface area contributed by atoms with Crippen molar-refractivity contribution in [3.63, 3.8) is 0 Å². The third-order valence-electron chi connectivity index (χ3n) is 2.57. The molecule has 1 aliphatic heterocycles. The van der Waals surface area contributed by atoms with Gasteiger partial charge in [0.2, 0.25) is 0 Å². The Kier molecular flexibility index (Phi) is 8.87. The quantitative estimate of drug-likeness (QED) is 0.440. The molecule has 0 spiro atoms. The van der Waals surface area contributed by atoms with E-state index in [9.17, 15) is 4.21 Å². The Labute approximate surface area is 134 Å². The van der Waals surface area contributed by atoms with Crippen LogP contribution in [0.1, 0.15) is 20.8 Å². The molecule has 0 aromatic heterocycles. The molecule has 1 fully saturated rings. The number of nitrogens with two attached hydrogens (primary N) is 1. The van der Waals surface area contributed by atoms with Gasteiger partial charge in [-0.3, -0.25) is 9.20 Å². The number of aliphatic imine (C=N–C) groups is 1. The van der Waals surface area contributed by atoms with Gasteiger partial charge in [-0.2, -0.15) is 11.8 Å². The van der Waals surface area contributed by atoms with Gasteiger partial charge in [-0.25, -0.2) is 0 Å². The van der Waals surface area contributed by atoms with E-state index < -0.39 is 10.8 Å². The molecule has 4 nitrogen and oxygen atoms in total. The van der Waals surface area contributed by atoms with E-state index in [1.807, 2.05) is 32.5 Å². The zero-order valence-corrected chi connectivity index (χ0v) is 15.3. The minimum atomic E-state index is -0.844. The molecule has 1 rings (SSSR count). The van der Waals surface area contributed by atoms with Gasteiger partial charge in [0.1, 0.15) is 0 Å². The van der Waals surface area contributed by atoms with Crippen molar-refractivity contribution in [2.75, 3.05) is 36.9 Å². The molecule has 2 N–H and O–H groups in total. The number of rotatable bonds is 3. The number of guanidine groups is 1. The van der Waals surface area contributed by atoms with Crippen molar-refractivity contribution in [1.82, 2.24) is 4.90 Å². The molecule has 1 atom stereocenters. The van der Waals surface area contributed by atoms with Crippen LogP contribution in [0.25, 0.3) is 0 Å². The van der Waals surface area contributed by atoms with Gasteiger partial charge in [0.25, 0.3) is 0 Å². The van der Waals surface area contributed by atoms with E-state index in [1.165, 1.54) is 0 Å². The summed E-state index contributed by atoms with van der Waals surface area (Å²) in [7, 11) is -0.844. The van der Waals surface area contributed by atoms with Gasteiger partial charge in [0.15, 0.2) is 5.96 Å². The van der Waals surface area contributed by atoms with Gasteiger partial charge < -0.3 is 10.6 Å². The van der Waals surface area contributed by atoms with E-state index in [0.29, 0.717) is 18.3 Å². The average Bonchev–Trinajstić information content (AvgIpc) is 2.28. The highest BCUT2D eigenvalue weighted by molar-refractivity contribution is 14.0. The molecular weight excluding hydrogens is 381 g/mol. The second-order valence-corrected chi connectivity index (χ2v) is 8.55. The predicted octanol–water partition coefficient (Wildman–Crippen LogP) is 1.52. The standard InChI is InChI=1S/C11H23N3OS2.HI/c1-11(2,3)17(15)9-4-13-10(12)14-5-7-16-8-6-14;/h4-9H2,1-3H3,(H2,12,13);1H. The second-order valence-electron chi connectivity index (χ2n) is 5.00. The normalized spacial score (nSPS) is 19.3. The topological polar surface area (TPSA) is 58.7 Å². The summed E-state index contributed by atoms with van der Waals surface area (Å²) in [5.41, 5.74) is 5.91. The van der Waals surface area contributed by atoms with Crippen LogP contribution in [0.2, 0.25) is 0 Å². The van der Waals surface area contributed by atoms with Crippen molar-refractivity contribution in [3.05, 3.63) is 0 Å². The molecule has 1 aliphatic rings. The number of hydrogen-bond donors (Lipinski definition) is 1. The molecule has 0 saturated carbocycles. The highest BCUT2D eigenvalue weighted by atomic mass is 127. The van der Waals surface area contributed by atoms with Gasteiger partial charge in [0.05, 0.1) is 6.54 Å². The minimum Gasteiger partial charge on any atom is -0.370 e. The summed E-state index contributed by atoms with van der Waals surface area (Å²) >= 11 is 1.95. The number of hydrogen-bond acceptors (Lipinski definition) is 3. The maximum Gasteiger partial charge on any atom is 0.191 e. The lowest BCUT2D eigenvalue weighted by molar-refractivity contribution is 0.456. The molecule has 7 heteroatoms. The van der Waals surface area contributed by atoms with E-state index in [-0.39, 0.29) is 28.7 Å². The summed E-state index contributed by atoms with van der Waals surface area (Å²) in [4.78, 5) is 6.43. The molecule has 108 valence electrons. The van der Waals surface area contributed by atoms with Gasteiger partial charge in [-0.15, -0.1) is 24.0 Å². The summed E-state index contributed by atoms with van der Waals surface area (Å²) in [5.74, 6) is 3.43. The third kappa shape index (κ3) is 6.60. The van der Waals surface area contributed by atoms with Crippen LogP contribution in [-0.2, 0) is 10.8 Å². The number of halogens is 1. The Morgan fingerprint density at radius 1 is 1.39 bits per heavy atom. The fraction of sp³-hybridized carbons (Fsp3) is 0.909. The van der Waals surface area contributed by atoms with Gasteiger partial charge in [-0.05, 0) is 20.8 Å². The Morgan fingerprint density at radius 2 is 1.94 bits per heavy atom. The van der Waals surface area contributed by atoms with Crippen molar-refractivity contribution in [3.8, 4) is 0 Å². The van der Waals surface area contributed by atoms with E-state index in [0.717, 1.165) is 24.6 Å². The second kappa shape index (κ2) is 8.63. The summed E-state index contributed by atoms with van der Waals surface area (Å²) < 4.78 is 11.6. The van der Waals surface area contributed by atoms with Crippen LogP contribution in [0.5, 0.6) is 0 Å². The summed E-state index contributed by atoms with van der Waals surface area (Å²) in [6, 6.07) is 0. The van der Waals surface area contributed by atoms with Crippen molar-refractivity contribution in [2.24, 2.45) is 10.7 Å². The lowest BCUT2D eigenvalue weighted by Crippen LogP contribution is -2.42. The lowest BCUT2D eigenvalue weighted by atomic mass is 10.3. The SMILES string of the molecule is CC(C)(C)S(=O)CCN=C(N)N1CCSCC1.I. The summed E-state index contributed by atoms with van der Waals surface area (Å²) in [6.07, 6.45) is 0. The zero-order chi connectivity index (χ0) is 12.9. The molecule has 0 radical (unpaired) electrons. The average molecular weight is 405 g/mol. The third-order valence-corrected chi connectivity index (χ3v) is 5.43. The molecule has 18 heavy (non-hydrogen) atoms. The van der Waals surface area contributed by atoms with Crippen LogP contribution < -0.4 is 5.73 Å². The maximum absolute atomic E-state index is 11.8. The van der Waals surface area contributed by atoms with Crippen LogP contribution in [0.3, 0.4) is 0 Å². The first-order chi connectivity index (χ1) is 7.91. The summed E-state index contributed by atoms with van der Waals surface area (Å²) in [6.45, 7) is 8.46. The van der Waals surface area contributed by atoms with E-state index in [4.69, 9.17) is 5.73 Å². The van der Waals surface area contributed by atoms with Crippen LogP contribution in [0.15, 0.2) is 4.99 Å². The van der Waals surface area contributed by atoms with E-state index >= 15 is 0 Å². The molecule has 0 amide bonds. The van der Waals surface area contributed by atoms with Gasteiger partial charge >= 0.3 is 0 Å². The number of nitrogens with zero attached hydrogens (tertiary/aromatic N) is 2. The molecule has 0 aromatic rings. The molecule has 1 heterocycles. The highest BCUT2D eigenvalue weighted by Crippen LogP contribution is 2.11. The molecule has 1 unspecified atom stereocenters. The smallest absolute Gasteiger partial charge is 0.191 e. The van der Waals surface area contributed by atoms with Crippen LogP contribution in [0.4, 0.5) is 0 Å². The van der Waals surface area contributed by atoms with Crippen molar-refractivity contribution >= 4 is 52.5 Å². The lowest BCUT2D eigenvalue weighted by Gasteiger charge is -2.27. The molecular formula is C11H24IN3OS2. The monoisotopic (exact) mass is 405 g/mol. The molecule has 0 aliphatic carbocycles. The Bertz CT molecular complexity index is 299. The first kappa shape index (κ1) is 18.5. The van der Waals surface area contributed by atoms with Crippen molar-refractivity contribution in [1.29, 1.82) is 0 Å². The minimum absolute atomic E-state index is 0. The maximum atomic E-state index is 11.8. The van der Waals surface area contributed by atoms with Gasteiger partial charge in [0, 0.05) is 45.9 Å². The predicted molar refractivity (Wildman–Crippen MR) is 93.6 cm³/mol. The van der Waals surface area contributed by atoms with Gasteiger partial charge in [-0.1, -0.05) is 0 Å². The van der Waals surface area contributed by atoms with Crippen LogP contribution in [0, 0.1) is 0 Å². The molecule has 0 bridgehead atoms. The fourth-order valence-corrected chi connectivity index (χ4v) is 3.21. The molecule has 0 aromatic carbocycles. The van der Waals surface area contributed by atoms with Crippen molar-refractivity contribution in [2.45, 2.75) is 25.5 Å².